The lowest BCUT2D eigenvalue weighted by atomic mass is 10.00. The lowest BCUT2D eigenvalue weighted by Crippen LogP contribution is -2.40. The molecule has 1 saturated heterocycles. The summed E-state index contributed by atoms with van der Waals surface area (Å²) in [5.41, 5.74) is 8.76. The van der Waals surface area contributed by atoms with Gasteiger partial charge >= 0.3 is 0 Å². The standard InChI is InChI=1S/C15H24N2O/c1-3-14(16)13-8-4-5-9-15(13)17-10-6-7-12(11-17)18-2/h4-5,8-9,12,14H,3,6-7,10-11,16H2,1-2H3/t12?,14-/m1/s1. The molecule has 1 aliphatic rings. The molecule has 0 saturated carbocycles. The van der Waals surface area contributed by atoms with E-state index in [0.717, 1.165) is 25.9 Å². The number of ether oxygens (including phenoxy) is 1. The van der Waals surface area contributed by atoms with Crippen LogP contribution < -0.4 is 10.6 Å². The highest BCUT2D eigenvalue weighted by atomic mass is 16.5. The van der Waals surface area contributed by atoms with E-state index in [2.05, 4.69) is 36.1 Å². The van der Waals surface area contributed by atoms with Gasteiger partial charge in [-0.1, -0.05) is 25.1 Å². The van der Waals surface area contributed by atoms with E-state index in [9.17, 15) is 0 Å². The molecule has 2 atom stereocenters. The number of nitrogens with zero attached hydrogens (tertiary/aromatic N) is 1. The van der Waals surface area contributed by atoms with Crippen LogP contribution in [0.15, 0.2) is 24.3 Å². The fourth-order valence-electron chi connectivity index (χ4n) is 2.66. The van der Waals surface area contributed by atoms with Crippen molar-refractivity contribution in [2.75, 3.05) is 25.1 Å². The van der Waals surface area contributed by atoms with Gasteiger partial charge < -0.3 is 15.4 Å². The van der Waals surface area contributed by atoms with E-state index in [1.165, 1.54) is 17.7 Å². The van der Waals surface area contributed by atoms with Crippen molar-refractivity contribution in [3.05, 3.63) is 29.8 Å². The highest BCUT2D eigenvalue weighted by Crippen LogP contribution is 2.29. The fraction of sp³-hybridized carbons (Fsp3) is 0.600. The molecular weight excluding hydrogens is 224 g/mol. The summed E-state index contributed by atoms with van der Waals surface area (Å²) < 4.78 is 5.50. The lowest BCUT2D eigenvalue weighted by molar-refractivity contribution is 0.0893. The summed E-state index contributed by atoms with van der Waals surface area (Å²) >= 11 is 0. The minimum Gasteiger partial charge on any atom is -0.380 e. The number of piperidine rings is 1. The lowest BCUT2D eigenvalue weighted by Gasteiger charge is -2.35. The van der Waals surface area contributed by atoms with E-state index >= 15 is 0 Å². The highest BCUT2D eigenvalue weighted by molar-refractivity contribution is 5.55. The van der Waals surface area contributed by atoms with E-state index in [0.29, 0.717) is 6.10 Å². The van der Waals surface area contributed by atoms with Gasteiger partial charge in [-0.2, -0.15) is 0 Å². The second-order valence-corrected chi connectivity index (χ2v) is 5.02. The Morgan fingerprint density at radius 1 is 1.44 bits per heavy atom. The van der Waals surface area contributed by atoms with Crippen LogP contribution in [-0.2, 0) is 4.74 Å². The summed E-state index contributed by atoms with van der Waals surface area (Å²) in [5, 5.41) is 0. The van der Waals surface area contributed by atoms with Crippen LogP contribution in [0.2, 0.25) is 0 Å². The first kappa shape index (κ1) is 13.4. The Bertz CT molecular complexity index is 381. The molecule has 3 heteroatoms. The Morgan fingerprint density at radius 2 is 2.22 bits per heavy atom. The van der Waals surface area contributed by atoms with E-state index in [1.54, 1.807) is 7.11 Å². The molecule has 0 spiro atoms. The predicted octanol–water partition coefficient (Wildman–Crippen LogP) is 2.71. The minimum atomic E-state index is 0.129. The number of rotatable bonds is 4. The van der Waals surface area contributed by atoms with Gasteiger partial charge in [-0.25, -0.2) is 0 Å². The van der Waals surface area contributed by atoms with Crippen LogP contribution in [-0.4, -0.2) is 26.3 Å². The van der Waals surface area contributed by atoms with Crippen molar-refractivity contribution < 1.29 is 4.74 Å². The predicted molar refractivity (Wildman–Crippen MR) is 75.9 cm³/mol. The summed E-state index contributed by atoms with van der Waals surface area (Å²) in [6, 6.07) is 8.64. The molecule has 0 aliphatic carbocycles. The quantitative estimate of drug-likeness (QED) is 0.890. The van der Waals surface area contributed by atoms with Crippen LogP contribution in [0.5, 0.6) is 0 Å². The Balaban J connectivity index is 2.21. The van der Waals surface area contributed by atoms with Gasteiger partial charge in [0.15, 0.2) is 0 Å². The molecule has 2 rings (SSSR count). The summed E-state index contributed by atoms with van der Waals surface area (Å²) in [4.78, 5) is 2.42. The third-order valence-electron chi connectivity index (χ3n) is 3.83. The average molecular weight is 248 g/mol. The van der Waals surface area contributed by atoms with Gasteiger partial charge in [0.2, 0.25) is 0 Å². The maximum Gasteiger partial charge on any atom is 0.0746 e. The van der Waals surface area contributed by atoms with Crippen molar-refractivity contribution in [2.24, 2.45) is 5.73 Å². The molecule has 1 unspecified atom stereocenters. The van der Waals surface area contributed by atoms with Gasteiger partial charge in [0.05, 0.1) is 6.10 Å². The molecule has 0 radical (unpaired) electrons. The summed E-state index contributed by atoms with van der Waals surface area (Å²) in [6.45, 7) is 4.22. The van der Waals surface area contributed by atoms with Crippen molar-refractivity contribution in [2.45, 2.75) is 38.3 Å². The van der Waals surface area contributed by atoms with E-state index in [-0.39, 0.29) is 6.04 Å². The monoisotopic (exact) mass is 248 g/mol. The maximum atomic E-state index is 6.21. The molecule has 1 aromatic rings. The Labute approximate surface area is 110 Å². The van der Waals surface area contributed by atoms with Crippen LogP contribution >= 0.6 is 0 Å². The molecule has 1 fully saturated rings. The summed E-state index contributed by atoms with van der Waals surface area (Å²) in [6.07, 6.45) is 3.67. The van der Waals surface area contributed by atoms with Gasteiger partial charge in [0, 0.05) is 31.9 Å². The summed E-state index contributed by atoms with van der Waals surface area (Å²) in [5.74, 6) is 0. The zero-order valence-corrected chi connectivity index (χ0v) is 11.4. The first-order valence-corrected chi connectivity index (χ1v) is 6.88. The zero-order valence-electron chi connectivity index (χ0n) is 11.4. The smallest absolute Gasteiger partial charge is 0.0746 e. The first-order valence-electron chi connectivity index (χ1n) is 6.88. The number of benzene rings is 1. The number of nitrogens with two attached hydrogens (primary N) is 1. The molecule has 0 bridgehead atoms. The topological polar surface area (TPSA) is 38.5 Å². The molecule has 1 aliphatic heterocycles. The van der Waals surface area contributed by atoms with E-state index in [1.807, 2.05) is 0 Å². The van der Waals surface area contributed by atoms with Crippen LogP contribution in [0.4, 0.5) is 5.69 Å². The fourth-order valence-corrected chi connectivity index (χ4v) is 2.66. The van der Waals surface area contributed by atoms with Crippen molar-refractivity contribution in [1.29, 1.82) is 0 Å². The number of anilines is 1. The minimum absolute atomic E-state index is 0.129. The molecule has 3 nitrogen and oxygen atoms in total. The largest absolute Gasteiger partial charge is 0.380 e. The molecule has 100 valence electrons. The third-order valence-corrected chi connectivity index (χ3v) is 3.83. The number of para-hydroxylation sites is 1. The first-order chi connectivity index (χ1) is 8.76. The van der Waals surface area contributed by atoms with Crippen LogP contribution in [0.3, 0.4) is 0 Å². The molecule has 1 aromatic carbocycles. The molecular formula is C15H24N2O. The normalized spacial score (nSPS) is 21.9. The zero-order chi connectivity index (χ0) is 13.0. The molecule has 0 amide bonds. The highest BCUT2D eigenvalue weighted by Gasteiger charge is 2.22. The van der Waals surface area contributed by atoms with Crippen molar-refractivity contribution in [3.8, 4) is 0 Å². The second kappa shape index (κ2) is 6.21. The Hall–Kier alpha value is -1.06. The number of hydrogen-bond donors (Lipinski definition) is 1. The maximum absolute atomic E-state index is 6.21. The number of hydrogen-bond acceptors (Lipinski definition) is 3. The van der Waals surface area contributed by atoms with E-state index in [4.69, 9.17) is 10.5 Å². The Morgan fingerprint density at radius 3 is 2.94 bits per heavy atom. The second-order valence-electron chi connectivity index (χ2n) is 5.02. The van der Waals surface area contributed by atoms with Gasteiger partial charge in [0.1, 0.15) is 0 Å². The van der Waals surface area contributed by atoms with E-state index < -0.39 is 0 Å². The molecule has 18 heavy (non-hydrogen) atoms. The van der Waals surface area contributed by atoms with Crippen molar-refractivity contribution in [1.82, 2.24) is 0 Å². The van der Waals surface area contributed by atoms with Crippen LogP contribution in [0.25, 0.3) is 0 Å². The van der Waals surface area contributed by atoms with Crippen LogP contribution in [0.1, 0.15) is 37.8 Å². The van der Waals surface area contributed by atoms with Gasteiger partial charge in [-0.15, -0.1) is 0 Å². The van der Waals surface area contributed by atoms with Gasteiger partial charge in [-0.3, -0.25) is 0 Å². The van der Waals surface area contributed by atoms with Crippen LogP contribution in [0, 0.1) is 0 Å². The van der Waals surface area contributed by atoms with Crippen molar-refractivity contribution >= 4 is 5.69 Å². The van der Waals surface area contributed by atoms with Gasteiger partial charge in [-0.05, 0) is 30.9 Å². The van der Waals surface area contributed by atoms with Crippen molar-refractivity contribution in [3.63, 3.8) is 0 Å². The van der Waals surface area contributed by atoms with Gasteiger partial charge in [0.25, 0.3) is 0 Å². The molecule has 0 aromatic heterocycles. The average Bonchev–Trinajstić information content (AvgIpc) is 2.46. The molecule has 2 N–H and O–H groups in total. The molecule has 1 heterocycles. The third kappa shape index (κ3) is 2.85. The Kier molecular flexibility index (Phi) is 4.61. The number of methoxy groups -OCH3 is 1. The SMILES string of the molecule is CC[C@@H](N)c1ccccc1N1CCCC(OC)C1. The summed E-state index contributed by atoms with van der Waals surface area (Å²) in [7, 11) is 1.80.